The van der Waals surface area contributed by atoms with E-state index in [1.807, 2.05) is 30.3 Å². The molecule has 1 aromatic heterocycles. The Morgan fingerprint density at radius 3 is 2.28 bits per heavy atom. The van der Waals surface area contributed by atoms with Crippen LogP contribution >= 0.6 is 11.8 Å². The normalized spacial score (nSPS) is 11.1. The summed E-state index contributed by atoms with van der Waals surface area (Å²) in [4.78, 5) is 24.2. The van der Waals surface area contributed by atoms with E-state index in [4.69, 9.17) is 0 Å². The molecule has 3 rings (SSSR count). The standard InChI is InChI=1S/C24H29N5O2S/c1-15(2)20-10-7-11-21(16(3)4)23(20)27-22(31)13-32-24-28-25-14-29(24)19-9-6-8-18(12-19)26-17(5)30/h6-12,14-16H,13H2,1-5H3,(H,26,30)(H,27,31). The Morgan fingerprint density at radius 1 is 1.00 bits per heavy atom. The molecule has 32 heavy (non-hydrogen) atoms. The van der Waals surface area contributed by atoms with E-state index in [0.717, 1.165) is 22.5 Å². The highest BCUT2D eigenvalue weighted by Crippen LogP contribution is 2.32. The number of aromatic nitrogens is 3. The van der Waals surface area contributed by atoms with Gasteiger partial charge >= 0.3 is 0 Å². The molecule has 0 unspecified atom stereocenters. The SMILES string of the molecule is CC(=O)Nc1cccc(-n2cnnc2SCC(=O)Nc2c(C(C)C)cccc2C(C)C)c1. The lowest BCUT2D eigenvalue weighted by molar-refractivity contribution is -0.114. The first-order valence-corrected chi connectivity index (χ1v) is 11.6. The van der Waals surface area contributed by atoms with Crippen LogP contribution < -0.4 is 10.6 Å². The van der Waals surface area contributed by atoms with Crippen LogP contribution in [0.4, 0.5) is 11.4 Å². The number of hydrogen-bond donors (Lipinski definition) is 2. The van der Waals surface area contributed by atoms with Gasteiger partial charge in [0, 0.05) is 18.3 Å². The highest BCUT2D eigenvalue weighted by molar-refractivity contribution is 7.99. The molecule has 0 aliphatic carbocycles. The molecule has 3 aromatic rings. The van der Waals surface area contributed by atoms with Gasteiger partial charge < -0.3 is 10.6 Å². The van der Waals surface area contributed by atoms with Crippen molar-refractivity contribution in [2.45, 2.75) is 51.6 Å². The number of rotatable bonds is 8. The summed E-state index contributed by atoms with van der Waals surface area (Å²) < 4.78 is 1.80. The first-order valence-electron chi connectivity index (χ1n) is 10.6. The van der Waals surface area contributed by atoms with E-state index in [9.17, 15) is 9.59 Å². The third-order valence-corrected chi connectivity index (χ3v) is 5.87. The highest BCUT2D eigenvalue weighted by Gasteiger charge is 2.17. The lowest BCUT2D eigenvalue weighted by Crippen LogP contribution is -2.18. The number of anilines is 2. The Labute approximate surface area is 193 Å². The van der Waals surface area contributed by atoms with Gasteiger partial charge in [-0.3, -0.25) is 14.2 Å². The minimum Gasteiger partial charge on any atom is -0.326 e. The summed E-state index contributed by atoms with van der Waals surface area (Å²) in [6, 6.07) is 13.6. The van der Waals surface area contributed by atoms with E-state index >= 15 is 0 Å². The third-order valence-electron chi connectivity index (χ3n) is 4.93. The van der Waals surface area contributed by atoms with Gasteiger partial charge in [0.2, 0.25) is 11.8 Å². The zero-order valence-electron chi connectivity index (χ0n) is 19.0. The fourth-order valence-electron chi connectivity index (χ4n) is 3.44. The van der Waals surface area contributed by atoms with Gasteiger partial charge in [0.05, 0.1) is 11.4 Å². The number of benzene rings is 2. The van der Waals surface area contributed by atoms with Gasteiger partial charge in [0.15, 0.2) is 5.16 Å². The molecule has 2 aromatic carbocycles. The largest absolute Gasteiger partial charge is 0.326 e. The van der Waals surface area contributed by atoms with Gasteiger partial charge in [-0.1, -0.05) is 63.7 Å². The van der Waals surface area contributed by atoms with Crippen molar-refractivity contribution in [2.75, 3.05) is 16.4 Å². The maximum absolute atomic E-state index is 12.8. The number of para-hydroxylation sites is 1. The van der Waals surface area contributed by atoms with Crippen LogP contribution in [0, 0.1) is 0 Å². The van der Waals surface area contributed by atoms with Crippen molar-refractivity contribution < 1.29 is 9.59 Å². The summed E-state index contributed by atoms with van der Waals surface area (Å²) in [5.41, 5.74) is 4.66. The molecule has 7 nitrogen and oxygen atoms in total. The van der Waals surface area contributed by atoms with Crippen molar-refractivity contribution in [3.8, 4) is 5.69 Å². The monoisotopic (exact) mass is 451 g/mol. The van der Waals surface area contributed by atoms with Crippen molar-refractivity contribution in [1.29, 1.82) is 0 Å². The Morgan fingerprint density at radius 2 is 1.66 bits per heavy atom. The Hall–Kier alpha value is -3.13. The number of thioether (sulfide) groups is 1. The molecular formula is C24H29N5O2S. The first kappa shape index (κ1) is 23.5. The zero-order chi connectivity index (χ0) is 23.3. The maximum Gasteiger partial charge on any atom is 0.234 e. The molecule has 0 atom stereocenters. The molecule has 0 spiro atoms. The molecule has 0 bridgehead atoms. The topological polar surface area (TPSA) is 88.9 Å². The highest BCUT2D eigenvalue weighted by atomic mass is 32.2. The number of carbonyl (C=O) groups excluding carboxylic acids is 2. The Bertz CT molecular complexity index is 1080. The third kappa shape index (κ3) is 5.76. The summed E-state index contributed by atoms with van der Waals surface area (Å²) in [6.45, 7) is 9.97. The second kappa shape index (κ2) is 10.5. The van der Waals surface area contributed by atoms with Gasteiger partial charge in [0.25, 0.3) is 0 Å². The van der Waals surface area contributed by atoms with Crippen LogP contribution in [0.15, 0.2) is 53.9 Å². The Kier molecular flexibility index (Phi) is 7.69. The van der Waals surface area contributed by atoms with Crippen molar-refractivity contribution in [1.82, 2.24) is 14.8 Å². The van der Waals surface area contributed by atoms with Gasteiger partial charge in [-0.05, 0) is 41.2 Å². The molecular weight excluding hydrogens is 422 g/mol. The predicted octanol–water partition coefficient (Wildman–Crippen LogP) is 5.20. The Balaban J connectivity index is 1.74. The number of nitrogens with one attached hydrogen (secondary N) is 2. The van der Waals surface area contributed by atoms with Crippen LogP contribution in [0.5, 0.6) is 0 Å². The van der Waals surface area contributed by atoms with Crippen LogP contribution in [-0.4, -0.2) is 32.3 Å². The second-order valence-electron chi connectivity index (χ2n) is 8.17. The summed E-state index contributed by atoms with van der Waals surface area (Å²) in [7, 11) is 0. The van der Waals surface area contributed by atoms with Crippen molar-refractivity contribution in [3.63, 3.8) is 0 Å². The van der Waals surface area contributed by atoms with Gasteiger partial charge in [-0.15, -0.1) is 10.2 Å². The van der Waals surface area contributed by atoms with Crippen LogP contribution in [0.3, 0.4) is 0 Å². The summed E-state index contributed by atoms with van der Waals surface area (Å²) >= 11 is 1.31. The van der Waals surface area contributed by atoms with E-state index in [1.165, 1.54) is 18.7 Å². The fraction of sp³-hybridized carbons (Fsp3) is 0.333. The minimum atomic E-state index is -0.139. The first-order chi connectivity index (χ1) is 15.3. The molecule has 8 heteroatoms. The van der Waals surface area contributed by atoms with E-state index in [-0.39, 0.29) is 17.6 Å². The van der Waals surface area contributed by atoms with Crippen molar-refractivity contribution in [2.24, 2.45) is 0 Å². The molecule has 168 valence electrons. The van der Waals surface area contributed by atoms with E-state index in [1.54, 1.807) is 10.9 Å². The lowest BCUT2D eigenvalue weighted by atomic mass is 9.92. The van der Waals surface area contributed by atoms with Crippen molar-refractivity contribution in [3.05, 3.63) is 59.9 Å². The van der Waals surface area contributed by atoms with E-state index < -0.39 is 0 Å². The lowest BCUT2D eigenvalue weighted by Gasteiger charge is -2.20. The number of hydrogen-bond acceptors (Lipinski definition) is 5. The molecule has 0 radical (unpaired) electrons. The minimum absolute atomic E-state index is 0.0912. The predicted molar refractivity (Wildman–Crippen MR) is 130 cm³/mol. The van der Waals surface area contributed by atoms with E-state index in [2.05, 4.69) is 60.7 Å². The quantitative estimate of drug-likeness (QED) is 0.459. The summed E-state index contributed by atoms with van der Waals surface area (Å²) in [6.07, 6.45) is 1.60. The van der Waals surface area contributed by atoms with Gasteiger partial charge in [0.1, 0.15) is 6.33 Å². The molecule has 0 saturated carbocycles. The molecule has 0 aliphatic heterocycles. The van der Waals surface area contributed by atoms with E-state index in [0.29, 0.717) is 22.7 Å². The number of amides is 2. The van der Waals surface area contributed by atoms with Crippen LogP contribution in [-0.2, 0) is 9.59 Å². The maximum atomic E-state index is 12.8. The number of carbonyl (C=O) groups is 2. The summed E-state index contributed by atoms with van der Waals surface area (Å²) in [5.74, 6) is 0.575. The molecule has 0 fully saturated rings. The van der Waals surface area contributed by atoms with Crippen molar-refractivity contribution >= 4 is 35.0 Å². The summed E-state index contributed by atoms with van der Waals surface area (Å²) in [5, 5.41) is 14.7. The second-order valence-corrected chi connectivity index (χ2v) is 9.12. The van der Waals surface area contributed by atoms with Crippen LogP contribution in [0.25, 0.3) is 5.69 Å². The molecule has 2 N–H and O–H groups in total. The fourth-order valence-corrected chi connectivity index (χ4v) is 4.17. The molecule has 0 aliphatic rings. The van der Waals surface area contributed by atoms with Crippen LogP contribution in [0.2, 0.25) is 0 Å². The number of nitrogens with zero attached hydrogens (tertiary/aromatic N) is 3. The van der Waals surface area contributed by atoms with Gasteiger partial charge in [-0.25, -0.2) is 0 Å². The molecule has 2 amide bonds. The van der Waals surface area contributed by atoms with Gasteiger partial charge in [-0.2, -0.15) is 0 Å². The molecule has 0 saturated heterocycles. The zero-order valence-corrected chi connectivity index (χ0v) is 19.9. The average molecular weight is 452 g/mol. The molecule has 1 heterocycles. The smallest absolute Gasteiger partial charge is 0.234 e. The average Bonchev–Trinajstić information content (AvgIpc) is 3.20. The van der Waals surface area contributed by atoms with Crippen LogP contribution in [0.1, 0.15) is 57.6 Å².